The van der Waals surface area contributed by atoms with Crippen LogP contribution in [0, 0.1) is 0 Å². The topological polar surface area (TPSA) is 90.7 Å². The van der Waals surface area contributed by atoms with E-state index in [-0.39, 0.29) is 31.2 Å². The van der Waals surface area contributed by atoms with Gasteiger partial charge in [-0.3, -0.25) is 4.79 Å². The summed E-state index contributed by atoms with van der Waals surface area (Å²) in [5.41, 5.74) is -0.814. The molecule has 0 bridgehead atoms. The van der Waals surface area contributed by atoms with Gasteiger partial charge in [-0.15, -0.1) is 4.31 Å². The van der Waals surface area contributed by atoms with Crippen molar-refractivity contribution in [2.45, 2.75) is 24.2 Å². The van der Waals surface area contributed by atoms with Gasteiger partial charge in [0.2, 0.25) is 0 Å². The zero-order valence-electron chi connectivity index (χ0n) is 15.8. The first-order valence-electron chi connectivity index (χ1n) is 9.27. The average Bonchev–Trinajstić information content (AvgIpc) is 3.16. The Morgan fingerprint density at radius 1 is 1.17 bits per heavy atom. The van der Waals surface area contributed by atoms with Gasteiger partial charge in [-0.05, 0) is 12.1 Å². The van der Waals surface area contributed by atoms with Gasteiger partial charge in [-0.25, -0.2) is 4.98 Å². The van der Waals surface area contributed by atoms with Crippen molar-refractivity contribution in [2.75, 3.05) is 32.8 Å². The van der Waals surface area contributed by atoms with Gasteiger partial charge in [-0.2, -0.15) is 13.2 Å². The van der Waals surface area contributed by atoms with E-state index in [1.807, 2.05) is 0 Å². The van der Waals surface area contributed by atoms with Crippen molar-refractivity contribution < 1.29 is 31.5 Å². The summed E-state index contributed by atoms with van der Waals surface area (Å²) in [4.78, 5) is 18.1. The van der Waals surface area contributed by atoms with E-state index in [4.69, 9.17) is 4.74 Å². The average molecular weight is 444 g/mol. The number of benzene rings is 1. The van der Waals surface area contributed by atoms with Gasteiger partial charge in [0.1, 0.15) is 18.1 Å². The molecule has 1 fully saturated rings. The number of hydrogen-bond donors (Lipinski definition) is 0. The molecule has 12 heteroatoms. The highest BCUT2D eigenvalue weighted by Crippen LogP contribution is 2.33. The van der Waals surface area contributed by atoms with Crippen LogP contribution in [0.25, 0.3) is 0 Å². The fraction of sp³-hybridized carbons (Fsp3) is 0.444. The molecule has 1 aromatic heterocycles. The van der Waals surface area contributed by atoms with Crippen LogP contribution in [0.1, 0.15) is 21.9 Å². The van der Waals surface area contributed by atoms with Gasteiger partial charge in [0.15, 0.2) is 15.3 Å². The second kappa shape index (κ2) is 7.76. The maximum atomic E-state index is 13.0. The number of sulfonamides is 1. The molecule has 2 aliphatic heterocycles. The predicted molar refractivity (Wildman–Crippen MR) is 97.9 cm³/mol. The highest BCUT2D eigenvalue weighted by Gasteiger charge is 2.38. The van der Waals surface area contributed by atoms with Crippen LogP contribution in [-0.2, 0) is 38.6 Å². The first-order chi connectivity index (χ1) is 14.2. The molecule has 1 saturated heterocycles. The molecule has 2 aliphatic rings. The van der Waals surface area contributed by atoms with Crippen LogP contribution in [0.4, 0.5) is 13.2 Å². The van der Waals surface area contributed by atoms with Crippen LogP contribution >= 0.6 is 0 Å². The smallest absolute Gasteiger partial charge is 0.416 e. The van der Waals surface area contributed by atoms with Gasteiger partial charge in [0.05, 0.1) is 25.3 Å². The van der Waals surface area contributed by atoms with Crippen molar-refractivity contribution >= 4 is 16.3 Å². The lowest BCUT2D eigenvalue weighted by molar-refractivity contribution is -0.137. The number of hydrogen-bond acceptors (Lipinski definition) is 5. The molecule has 1 aromatic carbocycles. The molecule has 0 radical (unpaired) electrons. The molecule has 0 spiro atoms. The fourth-order valence-corrected chi connectivity index (χ4v) is 4.88. The van der Waals surface area contributed by atoms with Gasteiger partial charge in [0.25, 0.3) is 5.91 Å². The zero-order valence-corrected chi connectivity index (χ0v) is 16.6. The minimum Gasteiger partial charge on any atom is -0.593 e. The number of carbonyl (C=O) groups excluding carboxylic acids is 1. The molecule has 0 saturated carbocycles. The summed E-state index contributed by atoms with van der Waals surface area (Å²) >= 11 is 0. The quantitative estimate of drug-likeness (QED) is 0.674. The molecule has 3 heterocycles. The van der Waals surface area contributed by atoms with Crippen LogP contribution in [0.15, 0.2) is 35.4 Å². The molecule has 1 atom stereocenters. The summed E-state index contributed by atoms with van der Waals surface area (Å²) in [5, 5.41) is 0. The molecule has 8 nitrogen and oxygen atoms in total. The number of nitrogens with zero attached hydrogens (tertiary/aromatic N) is 4. The van der Waals surface area contributed by atoms with Gasteiger partial charge < -0.3 is 18.8 Å². The number of aromatic nitrogens is 2. The van der Waals surface area contributed by atoms with E-state index >= 15 is 0 Å². The summed E-state index contributed by atoms with van der Waals surface area (Å²) in [7, 11) is -4.15. The highest BCUT2D eigenvalue weighted by atomic mass is 32.3. The van der Waals surface area contributed by atoms with Crippen LogP contribution in [0.3, 0.4) is 0 Å². The van der Waals surface area contributed by atoms with Crippen molar-refractivity contribution in [1.29, 1.82) is 0 Å². The van der Waals surface area contributed by atoms with Crippen molar-refractivity contribution in [3.05, 3.63) is 47.5 Å². The molecule has 30 heavy (non-hydrogen) atoms. The number of imidazole rings is 1. The Kier molecular flexibility index (Phi) is 5.43. The van der Waals surface area contributed by atoms with Crippen molar-refractivity contribution in [3.8, 4) is 0 Å². The number of carbonyl (C=O) groups is 1. The summed E-state index contributed by atoms with van der Waals surface area (Å²) in [5.74, 6) is 0.112. The number of amides is 1. The van der Waals surface area contributed by atoms with E-state index < -0.39 is 27.0 Å². The SMILES string of the molecule is O=C(c1cn2c(n1)CN([S+](=O)([O-])c1cccc(C(F)(F)F)c1)CC2)N1CCOCC1. The molecule has 162 valence electrons. The number of alkyl halides is 3. The molecule has 4 rings (SSSR count). The number of ether oxygens (including phenoxy) is 1. The van der Waals surface area contributed by atoms with E-state index in [0.29, 0.717) is 38.2 Å². The second-order valence-electron chi connectivity index (χ2n) is 7.00. The first-order valence-corrected chi connectivity index (χ1v) is 10.7. The molecule has 1 unspecified atom stereocenters. The lowest BCUT2D eigenvalue weighted by Crippen LogP contribution is -2.42. The number of fused-ring (bicyclic) bond motifs is 1. The minimum absolute atomic E-state index is 0.0626. The van der Waals surface area contributed by atoms with Gasteiger partial charge >= 0.3 is 6.18 Å². The van der Waals surface area contributed by atoms with Crippen LogP contribution < -0.4 is 0 Å². The molecular formula is C18H19F3N4O4S. The van der Waals surface area contributed by atoms with Crippen LogP contribution in [-0.4, -0.2) is 62.1 Å². The van der Waals surface area contributed by atoms with Crippen molar-refractivity contribution in [3.63, 3.8) is 0 Å². The largest absolute Gasteiger partial charge is 0.593 e. The van der Waals surface area contributed by atoms with E-state index in [9.17, 15) is 26.7 Å². The number of rotatable bonds is 3. The summed E-state index contributed by atoms with van der Waals surface area (Å²) in [6.07, 6.45) is -3.06. The van der Waals surface area contributed by atoms with Crippen molar-refractivity contribution in [1.82, 2.24) is 18.8 Å². The number of morpholine rings is 1. The van der Waals surface area contributed by atoms with Crippen LogP contribution in [0.5, 0.6) is 0 Å². The summed E-state index contributed by atoms with van der Waals surface area (Å²) < 4.78 is 72.7. The standard InChI is InChI=1S/C18H19F3N4O4S/c19-18(20,21)13-2-1-3-14(10-13)30(27,28)25-5-4-24-11-15(22-16(24)12-25)17(26)23-6-8-29-9-7-23/h1-3,10-11H,4-9,12H2. The summed E-state index contributed by atoms with van der Waals surface area (Å²) in [6.45, 7) is 1.98. The maximum Gasteiger partial charge on any atom is 0.416 e. The normalized spacial score (nSPS) is 19.9. The zero-order chi connectivity index (χ0) is 21.5. The minimum atomic E-state index is -4.64. The Hall–Kier alpha value is -2.28. The van der Waals surface area contributed by atoms with Crippen LogP contribution in [0.2, 0.25) is 0 Å². The third-order valence-electron chi connectivity index (χ3n) is 5.08. The van der Waals surface area contributed by atoms with Crippen molar-refractivity contribution in [2.24, 2.45) is 0 Å². The molecular weight excluding hydrogens is 425 g/mol. The predicted octanol–water partition coefficient (Wildman–Crippen LogP) is 1.79. The first kappa shape index (κ1) is 21.0. The summed E-state index contributed by atoms with van der Waals surface area (Å²) in [6, 6.07) is 3.66. The maximum absolute atomic E-state index is 13.0. The third kappa shape index (κ3) is 4.00. The van der Waals surface area contributed by atoms with E-state index in [0.717, 1.165) is 22.5 Å². The second-order valence-corrected chi connectivity index (χ2v) is 8.94. The Bertz CT molecular complexity index is 1000. The number of halogens is 3. The van der Waals surface area contributed by atoms with E-state index in [2.05, 4.69) is 4.98 Å². The van der Waals surface area contributed by atoms with Gasteiger partial charge in [0, 0.05) is 31.9 Å². The van der Waals surface area contributed by atoms with E-state index in [1.165, 1.54) is 0 Å². The monoisotopic (exact) mass is 444 g/mol. The lowest BCUT2D eigenvalue weighted by atomic mass is 10.2. The fourth-order valence-electron chi connectivity index (χ4n) is 3.45. The molecule has 2 aromatic rings. The van der Waals surface area contributed by atoms with E-state index in [1.54, 1.807) is 15.7 Å². The van der Waals surface area contributed by atoms with Gasteiger partial charge in [-0.1, -0.05) is 10.3 Å². The Balaban J connectivity index is 1.54. The Morgan fingerprint density at radius 2 is 1.90 bits per heavy atom. The highest BCUT2D eigenvalue weighted by molar-refractivity contribution is 7.95. The molecule has 0 N–H and O–H groups in total. The molecule has 1 amide bonds. The molecule has 0 aliphatic carbocycles. The third-order valence-corrected chi connectivity index (χ3v) is 6.92. The Morgan fingerprint density at radius 3 is 2.60 bits per heavy atom. The Labute approximate surface area is 171 Å². The lowest BCUT2D eigenvalue weighted by Gasteiger charge is -2.30.